The molecule has 0 N–H and O–H groups in total. The maximum absolute atomic E-state index is 10.1. The molecule has 0 amide bonds. The molecular weight excluding hydrogens is 116 g/mol. The smallest absolute Gasteiger partial charge is 0.145 e. The van der Waals surface area contributed by atoms with Crippen molar-refractivity contribution >= 4 is 12.6 Å². The highest BCUT2D eigenvalue weighted by Gasteiger charge is 2.14. The molecular formula is C7H8O2. The highest BCUT2D eigenvalue weighted by atomic mass is 16.1. The van der Waals surface area contributed by atoms with Crippen molar-refractivity contribution in [1.82, 2.24) is 0 Å². The minimum absolute atomic E-state index is 0.0743. The first-order valence-electron chi connectivity index (χ1n) is 2.96. The van der Waals surface area contributed by atoms with Crippen LogP contribution in [0.5, 0.6) is 0 Å². The normalized spacial score (nSPS) is 25.3. The van der Waals surface area contributed by atoms with Crippen LogP contribution in [0.15, 0.2) is 11.6 Å². The van der Waals surface area contributed by atoms with Crippen LogP contribution in [0, 0.1) is 5.92 Å². The summed E-state index contributed by atoms with van der Waals surface area (Å²) in [6.07, 6.45) is 4.95. The second-order valence-corrected chi connectivity index (χ2v) is 2.23. The molecule has 0 saturated carbocycles. The minimum Gasteiger partial charge on any atom is -0.303 e. The Bertz CT molecular complexity index is 158. The second kappa shape index (κ2) is 2.58. The number of rotatable bonds is 2. The lowest BCUT2D eigenvalue weighted by Crippen LogP contribution is -1.94. The molecule has 0 bridgehead atoms. The van der Waals surface area contributed by atoms with Crippen molar-refractivity contribution in [3.63, 3.8) is 0 Å². The maximum atomic E-state index is 10.1. The lowest BCUT2D eigenvalue weighted by molar-refractivity contribution is -0.110. The molecule has 1 rings (SSSR count). The van der Waals surface area contributed by atoms with Gasteiger partial charge in [0, 0.05) is 5.92 Å². The molecule has 0 aliphatic heterocycles. The van der Waals surface area contributed by atoms with Gasteiger partial charge in [0.05, 0.1) is 0 Å². The standard InChI is InChI=1S/C7H8O2/c8-4-6-1-2-7(3-6)5-9/h1,4-5,7H,2-3H2. The molecule has 0 radical (unpaired) electrons. The van der Waals surface area contributed by atoms with Crippen LogP contribution in [-0.4, -0.2) is 12.6 Å². The highest BCUT2D eigenvalue weighted by molar-refractivity contribution is 5.76. The zero-order valence-corrected chi connectivity index (χ0v) is 5.04. The third-order valence-electron chi connectivity index (χ3n) is 1.52. The summed E-state index contributed by atoms with van der Waals surface area (Å²) in [6, 6.07) is 0. The van der Waals surface area contributed by atoms with Gasteiger partial charge in [-0.05, 0) is 18.4 Å². The molecule has 0 spiro atoms. The summed E-state index contributed by atoms with van der Waals surface area (Å²) in [5.74, 6) is 0.0743. The molecule has 9 heavy (non-hydrogen) atoms. The fourth-order valence-electron chi connectivity index (χ4n) is 0.972. The Morgan fingerprint density at radius 1 is 1.56 bits per heavy atom. The van der Waals surface area contributed by atoms with Gasteiger partial charge in [0.15, 0.2) is 0 Å². The first-order valence-corrected chi connectivity index (χ1v) is 2.96. The summed E-state index contributed by atoms with van der Waals surface area (Å²) in [7, 11) is 0. The van der Waals surface area contributed by atoms with Crippen LogP contribution in [0.3, 0.4) is 0 Å². The van der Waals surface area contributed by atoms with E-state index < -0.39 is 0 Å². The van der Waals surface area contributed by atoms with Crippen molar-refractivity contribution in [2.75, 3.05) is 0 Å². The van der Waals surface area contributed by atoms with Crippen LogP contribution >= 0.6 is 0 Å². The maximum Gasteiger partial charge on any atom is 0.145 e. The monoisotopic (exact) mass is 124 g/mol. The van der Waals surface area contributed by atoms with Gasteiger partial charge in [-0.3, -0.25) is 4.79 Å². The van der Waals surface area contributed by atoms with E-state index in [0.717, 1.165) is 24.6 Å². The summed E-state index contributed by atoms with van der Waals surface area (Å²) in [4.78, 5) is 20.2. The van der Waals surface area contributed by atoms with Gasteiger partial charge in [-0.15, -0.1) is 0 Å². The molecule has 0 aromatic heterocycles. The fraction of sp³-hybridized carbons (Fsp3) is 0.429. The van der Waals surface area contributed by atoms with E-state index in [-0.39, 0.29) is 5.92 Å². The van der Waals surface area contributed by atoms with Crippen molar-refractivity contribution < 1.29 is 9.59 Å². The third kappa shape index (κ3) is 1.25. The zero-order chi connectivity index (χ0) is 6.69. The van der Waals surface area contributed by atoms with Crippen LogP contribution in [0.2, 0.25) is 0 Å². The summed E-state index contributed by atoms with van der Waals surface area (Å²) in [5.41, 5.74) is 0.770. The predicted molar refractivity (Wildman–Crippen MR) is 32.9 cm³/mol. The van der Waals surface area contributed by atoms with Crippen molar-refractivity contribution in [1.29, 1.82) is 0 Å². The van der Waals surface area contributed by atoms with E-state index in [1.54, 1.807) is 0 Å². The van der Waals surface area contributed by atoms with Gasteiger partial charge in [-0.2, -0.15) is 0 Å². The van der Waals surface area contributed by atoms with E-state index in [4.69, 9.17) is 0 Å². The van der Waals surface area contributed by atoms with Gasteiger partial charge in [0.2, 0.25) is 0 Å². The molecule has 1 unspecified atom stereocenters. The number of aldehydes is 2. The molecule has 0 saturated heterocycles. The van der Waals surface area contributed by atoms with E-state index in [2.05, 4.69) is 0 Å². The molecule has 2 nitrogen and oxygen atoms in total. The van der Waals surface area contributed by atoms with Crippen molar-refractivity contribution in [3.8, 4) is 0 Å². The Morgan fingerprint density at radius 3 is 2.67 bits per heavy atom. The lowest BCUT2D eigenvalue weighted by atomic mass is 10.1. The van der Waals surface area contributed by atoms with E-state index >= 15 is 0 Å². The van der Waals surface area contributed by atoms with Crippen LogP contribution < -0.4 is 0 Å². The first kappa shape index (κ1) is 6.20. The molecule has 0 aromatic rings. The van der Waals surface area contributed by atoms with Crippen LogP contribution in [0.4, 0.5) is 0 Å². The van der Waals surface area contributed by atoms with Crippen LogP contribution in [-0.2, 0) is 9.59 Å². The Morgan fingerprint density at radius 2 is 2.33 bits per heavy atom. The van der Waals surface area contributed by atoms with Gasteiger partial charge >= 0.3 is 0 Å². The molecule has 0 aromatic carbocycles. The van der Waals surface area contributed by atoms with E-state index in [0.29, 0.717) is 6.42 Å². The quantitative estimate of drug-likeness (QED) is 0.508. The molecule has 2 heteroatoms. The van der Waals surface area contributed by atoms with Crippen molar-refractivity contribution in [3.05, 3.63) is 11.6 Å². The second-order valence-electron chi connectivity index (χ2n) is 2.23. The number of carbonyl (C=O) groups excluding carboxylic acids is 2. The Labute approximate surface area is 53.6 Å². The molecule has 1 aliphatic carbocycles. The van der Waals surface area contributed by atoms with Gasteiger partial charge < -0.3 is 4.79 Å². The highest BCUT2D eigenvalue weighted by Crippen LogP contribution is 2.20. The number of allylic oxidation sites excluding steroid dienone is 2. The van der Waals surface area contributed by atoms with Crippen LogP contribution in [0.1, 0.15) is 12.8 Å². The summed E-state index contributed by atoms with van der Waals surface area (Å²) in [5, 5.41) is 0. The summed E-state index contributed by atoms with van der Waals surface area (Å²) < 4.78 is 0. The van der Waals surface area contributed by atoms with Crippen LogP contribution in [0.25, 0.3) is 0 Å². The van der Waals surface area contributed by atoms with Crippen molar-refractivity contribution in [2.24, 2.45) is 5.92 Å². The van der Waals surface area contributed by atoms with Gasteiger partial charge in [-0.1, -0.05) is 6.08 Å². The first-order chi connectivity index (χ1) is 4.36. The van der Waals surface area contributed by atoms with E-state index in [1.165, 1.54) is 0 Å². The fourth-order valence-corrected chi connectivity index (χ4v) is 0.972. The van der Waals surface area contributed by atoms with Crippen molar-refractivity contribution in [2.45, 2.75) is 12.8 Å². The average molecular weight is 124 g/mol. The Hall–Kier alpha value is -0.920. The lowest BCUT2D eigenvalue weighted by Gasteiger charge is -1.93. The molecule has 0 heterocycles. The van der Waals surface area contributed by atoms with E-state index in [1.807, 2.05) is 6.08 Å². The van der Waals surface area contributed by atoms with Gasteiger partial charge in [-0.25, -0.2) is 0 Å². The van der Waals surface area contributed by atoms with E-state index in [9.17, 15) is 9.59 Å². The molecule has 48 valence electrons. The molecule has 1 atom stereocenters. The third-order valence-corrected chi connectivity index (χ3v) is 1.52. The Balaban J connectivity index is 2.48. The zero-order valence-electron chi connectivity index (χ0n) is 5.04. The topological polar surface area (TPSA) is 34.1 Å². The SMILES string of the molecule is O=CC1=CCC(C=O)C1. The van der Waals surface area contributed by atoms with Gasteiger partial charge in [0.1, 0.15) is 12.6 Å². The molecule has 0 fully saturated rings. The average Bonchev–Trinajstić information content (AvgIpc) is 2.34. The summed E-state index contributed by atoms with van der Waals surface area (Å²) in [6.45, 7) is 0. The largest absolute Gasteiger partial charge is 0.303 e. The molecule has 1 aliphatic rings. The number of hydrogen-bond donors (Lipinski definition) is 0. The number of carbonyl (C=O) groups is 2. The predicted octanol–water partition coefficient (Wildman–Crippen LogP) is 0.721. The minimum atomic E-state index is 0.0743. The number of hydrogen-bond acceptors (Lipinski definition) is 2. The van der Waals surface area contributed by atoms with Gasteiger partial charge in [0.25, 0.3) is 0 Å². The Kier molecular flexibility index (Phi) is 1.78. The summed E-state index contributed by atoms with van der Waals surface area (Å²) >= 11 is 0.